The van der Waals surface area contributed by atoms with Crippen molar-refractivity contribution in [3.8, 4) is 0 Å². The normalized spacial score (nSPS) is 15.9. The molecule has 50 heavy (non-hydrogen) atoms. The SMILES string of the molecule is Cc1cc(B2OC(C)(C)C(C)(C)O2)cc(CO[Si](C)(C)C(C)(C)C)n1.Cc1cccc(CO)n1.Cc1cccc(CO[Si](C)(C)C(C)(C)C)n1. The van der Waals surface area contributed by atoms with E-state index in [2.05, 4.69) is 116 Å². The minimum atomic E-state index is -1.80. The Morgan fingerprint density at radius 2 is 1.04 bits per heavy atom. The molecule has 0 unspecified atom stereocenters. The highest BCUT2D eigenvalue weighted by Crippen LogP contribution is 2.38. The lowest BCUT2D eigenvalue weighted by Gasteiger charge is -2.36. The van der Waals surface area contributed by atoms with Gasteiger partial charge in [-0.2, -0.15) is 0 Å². The highest BCUT2D eigenvalue weighted by atomic mass is 28.4. The summed E-state index contributed by atoms with van der Waals surface area (Å²) >= 11 is 0. The van der Waals surface area contributed by atoms with Crippen molar-refractivity contribution in [1.82, 2.24) is 15.0 Å². The van der Waals surface area contributed by atoms with Crippen LogP contribution in [0.4, 0.5) is 0 Å². The molecule has 0 saturated carbocycles. The van der Waals surface area contributed by atoms with E-state index in [9.17, 15) is 0 Å². The van der Waals surface area contributed by atoms with E-state index in [-0.39, 0.29) is 35.0 Å². The summed E-state index contributed by atoms with van der Waals surface area (Å²) in [6.45, 7) is 38.0. The van der Waals surface area contributed by atoms with E-state index in [0.717, 1.165) is 39.6 Å². The molecule has 0 aliphatic carbocycles. The number of aliphatic hydroxyl groups is 1. The van der Waals surface area contributed by atoms with E-state index in [4.69, 9.17) is 23.3 Å². The number of rotatable bonds is 8. The number of nitrogens with zero attached hydrogens (tertiary/aromatic N) is 3. The third kappa shape index (κ3) is 12.8. The molecule has 3 aromatic heterocycles. The van der Waals surface area contributed by atoms with E-state index in [1.54, 1.807) is 6.07 Å². The van der Waals surface area contributed by atoms with Crippen molar-refractivity contribution < 1.29 is 23.3 Å². The first-order chi connectivity index (χ1) is 22.7. The van der Waals surface area contributed by atoms with E-state index >= 15 is 0 Å². The molecule has 1 N–H and O–H groups in total. The molecule has 0 amide bonds. The maximum atomic E-state index is 8.60. The van der Waals surface area contributed by atoms with Gasteiger partial charge in [-0.15, -0.1) is 0 Å². The largest absolute Gasteiger partial charge is 0.494 e. The van der Waals surface area contributed by atoms with Crippen LogP contribution in [0, 0.1) is 20.8 Å². The summed E-state index contributed by atoms with van der Waals surface area (Å²) < 4.78 is 24.8. The first-order valence-corrected chi connectivity index (χ1v) is 23.6. The predicted molar refractivity (Wildman–Crippen MR) is 213 cm³/mol. The van der Waals surface area contributed by atoms with Crippen molar-refractivity contribution in [2.24, 2.45) is 0 Å². The fraction of sp³-hybridized carbons (Fsp3) is 0.615. The Hall–Kier alpha value is -2.25. The number of hydrogen-bond acceptors (Lipinski definition) is 8. The van der Waals surface area contributed by atoms with Crippen molar-refractivity contribution >= 4 is 29.2 Å². The maximum absolute atomic E-state index is 8.60. The van der Waals surface area contributed by atoms with Crippen molar-refractivity contribution in [2.75, 3.05) is 0 Å². The number of pyridine rings is 3. The first-order valence-electron chi connectivity index (χ1n) is 17.8. The lowest BCUT2D eigenvalue weighted by Crippen LogP contribution is -2.41. The van der Waals surface area contributed by atoms with Crippen LogP contribution in [0.25, 0.3) is 0 Å². The van der Waals surface area contributed by atoms with Crippen LogP contribution in [-0.4, -0.2) is 55.0 Å². The standard InChI is InChI=1S/C19H34BNO3Si.C13H23NOSi.C7H9NO/c1-14-11-15(20-23-18(5,6)19(7,8)24-20)12-16(21-14)13-22-25(9,10)17(2,3)4;1-11-8-7-9-12(14-11)10-15-16(5,6)13(2,3)4;1-6-3-2-4-7(5-9)8-6/h11-12H,13H2,1-10H3;7-9H,10H2,1-6H3;2-4,9H,5H2,1H3. The van der Waals surface area contributed by atoms with Gasteiger partial charge in [0.25, 0.3) is 0 Å². The highest BCUT2D eigenvalue weighted by Gasteiger charge is 2.52. The van der Waals surface area contributed by atoms with Crippen LogP contribution in [0.5, 0.6) is 0 Å². The molecule has 278 valence electrons. The Kier molecular flexibility index (Phi) is 15.0. The maximum Gasteiger partial charge on any atom is 0.494 e. The van der Waals surface area contributed by atoms with Gasteiger partial charge in [-0.05, 0) is 127 Å². The molecule has 0 atom stereocenters. The number of aryl methyl sites for hydroxylation is 3. The second-order valence-electron chi connectivity index (χ2n) is 17.4. The van der Waals surface area contributed by atoms with E-state index in [1.165, 1.54) is 0 Å². The molecule has 1 aliphatic rings. The summed E-state index contributed by atoms with van der Waals surface area (Å²) in [5, 5.41) is 9.05. The van der Waals surface area contributed by atoms with Gasteiger partial charge in [0.15, 0.2) is 16.6 Å². The van der Waals surface area contributed by atoms with Crippen molar-refractivity contribution in [2.45, 2.75) is 157 Å². The molecule has 4 heterocycles. The van der Waals surface area contributed by atoms with Gasteiger partial charge in [0.1, 0.15) is 0 Å². The second-order valence-corrected chi connectivity index (χ2v) is 27.0. The van der Waals surface area contributed by atoms with Crippen LogP contribution in [0.3, 0.4) is 0 Å². The van der Waals surface area contributed by atoms with Crippen LogP contribution in [0.1, 0.15) is 103 Å². The molecular formula is C39H66BN3O5Si2. The first kappa shape index (κ1) is 43.9. The molecule has 8 nitrogen and oxygen atoms in total. The molecule has 0 spiro atoms. The Balaban J connectivity index is 0.000000294. The smallest absolute Gasteiger partial charge is 0.411 e. The quantitative estimate of drug-likeness (QED) is 0.230. The fourth-order valence-corrected chi connectivity index (χ4v) is 6.15. The molecule has 0 bridgehead atoms. The molecule has 0 aromatic carbocycles. The van der Waals surface area contributed by atoms with Crippen molar-refractivity contribution in [3.63, 3.8) is 0 Å². The van der Waals surface area contributed by atoms with Gasteiger partial charge in [-0.25, -0.2) is 0 Å². The molecular weight excluding hydrogens is 657 g/mol. The Morgan fingerprint density at radius 3 is 1.44 bits per heavy atom. The fourth-order valence-electron chi connectivity index (χ4n) is 4.26. The minimum absolute atomic E-state index is 0.0294. The molecule has 1 aliphatic heterocycles. The second kappa shape index (κ2) is 17.1. The zero-order chi connectivity index (χ0) is 38.3. The van der Waals surface area contributed by atoms with Crippen molar-refractivity contribution in [3.05, 3.63) is 82.7 Å². The molecule has 11 heteroatoms. The molecule has 3 aromatic rings. The average molecular weight is 724 g/mol. The van der Waals surface area contributed by atoms with Gasteiger partial charge in [-0.1, -0.05) is 53.7 Å². The van der Waals surface area contributed by atoms with Crippen LogP contribution in [-0.2, 0) is 38.0 Å². The van der Waals surface area contributed by atoms with Crippen LogP contribution in [0.15, 0.2) is 48.5 Å². The summed E-state index contributed by atoms with van der Waals surface area (Å²) in [5.41, 5.74) is 5.99. The van der Waals surface area contributed by atoms with E-state index in [0.29, 0.717) is 13.2 Å². The summed E-state index contributed by atoms with van der Waals surface area (Å²) in [7, 11) is -3.81. The Bertz CT molecular complexity index is 1520. The number of aromatic nitrogens is 3. The minimum Gasteiger partial charge on any atom is -0.411 e. The zero-order valence-electron chi connectivity index (χ0n) is 34.2. The number of aliphatic hydroxyl groups excluding tert-OH is 1. The van der Waals surface area contributed by atoms with Gasteiger partial charge < -0.3 is 23.3 Å². The van der Waals surface area contributed by atoms with Gasteiger partial charge in [0.2, 0.25) is 0 Å². The monoisotopic (exact) mass is 723 g/mol. The summed E-state index contributed by atoms with van der Waals surface area (Å²) in [4.78, 5) is 13.1. The van der Waals surface area contributed by atoms with Gasteiger partial charge in [0.05, 0.1) is 48.1 Å². The average Bonchev–Trinajstić information content (AvgIpc) is 3.20. The lowest BCUT2D eigenvalue weighted by molar-refractivity contribution is 0.00578. The van der Waals surface area contributed by atoms with Crippen LogP contribution >= 0.6 is 0 Å². The summed E-state index contributed by atoms with van der Waals surface area (Å²) in [5.74, 6) is 0. The highest BCUT2D eigenvalue weighted by molar-refractivity contribution is 6.74. The number of hydrogen-bond donors (Lipinski definition) is 1. The van der Waals surface area contributed by atoms with Gasteiger partial charge in [0, 0.05) is 17.1 Å². The topological polar surface area (TPSA) is 95.8 Å². The van der Waals surface area contributed by atoms with Crippen LogP contribution < -0.4 is 5.46 Å². The lowest BCUT2D eigenvalue weighted by atomic mass is 9.79. The summed E-state index contributed by atoms with van der Waals surface area (Å²) in [6, 6.07) is 15.8. The zero-order valence-corrected chi connectivity index (χ0v) is 36.2. The van der Waals surface area contributed by atoms with Crippen molar-refractivity contribution in [1.29, 1.82) is 0 Å². The third-order valence-electron chi connectivity index (χ3n) is 10.4. The third-order valence-corrected chi connectivity index (χ3v) is 19.3. The molecule has 1 saturated heterocycles. The predicted octanol–water partition coefficient (Wildman–Crippen LogP) is 9.01. The van der Waals surface area contributed by atoms with Gasteiger partial charge >= 0.3 is 7.12 Å². The van der Waals surface area contributed by atoms with Crippen LogP contribution in [0.2, 0.25) is 36.3 Å². The Labute approximate surface area is 306 Å². The van der Waals surface area contributed by atoms with E-state index in [1.807, 2.05) is 57.2 Å². The Morgan fingerprint density at radius 1 is 0.640 bits per heavy atom. The van der Waals surface area contributed by atoms with Gasteiger partial charge in [-0.3, -0.25) is 15.0 Å². The van der Waals surface area contributed by atoms with E-state index < -0.39 is 16.6 Å². The summed E-state index contributed by atoms with van der Waals surface area (Å²) in [6.07, 6.45) is 0. The molecule has 0 radical (unpaired) electrons. The molecule has 1 fully saturated rings. The molecule has 4 rings (SSSR count).